The summed E-state index contributed by atoms with van der Waals surface area (Å²) >= 11 is 0. The fraction of sp³-hybridized carbons (Fsp3) is 0.429. The molecule has 0 spiro atoms. The van der Waals surface area contributed by atoms with Crippen LogP contribution < -0.4 is 0 Å². The lowest BCUT2D eigenvalue weighted by Gasteiger charge is -1.84. The third-order valence-electron chi connectivity index (χ3n) is 4.76. The van der Waals surface area contributed by atoms with E-state index in [1.54, 1.807) is 0 Å². The highest BCUT2D eigenvalue weighted by Crippen LogP contribution is 2.15. The predicted octanol–water partition coefficient (Wildman–Crippen LogP) is 8.99. The van der Waals surface area contributed by atoms with E-state index in [0.717, 1.165) is 12.8 Å². The molecule has 5 aliphatic rings. The second-order valence-electron chi connectivity index (χ2n) is 7.72. The van der Waals surface area contributed by atoms with E-state index in [4.69, 9.17) is 0 Å². The van der Waals surface area contributed by atoms with Gasteiger partial charge in [0.25, 0.3) is 0 Å². The molecule has 0 heterocycles. The lowest BCUT2D eigenvalue weighted by atomic mass is 10.2. The minimum absolute atomic E-state index is 0.685. The molecule has 152 valence electrons. The highest BCUT2D eigenvalue weighted by Gasteiger charge is 1.95. The van der Waals surface area contributed by atoms with Crippen LogP contribution in [0.5, 0.6) is 0 Å². The molecule has 28 heavy (non-hydrogen) atoms. The Morgan fingerprint density at radius 1 is 0.679 bits per heavy atom. The number of allylic oxidation sites excluding steroid dienone is 16. The molecule has 0 bridgehead atoms. The zero-order valence-corrected chi connectivity index (χ0v) is 18.3. The molecule has 0 saturated heterocycles. The summed E-state index contributed by atoms with van der Waals surface area (Å²) in [4.78, 5) is 0. The fourth-order valence-electron chi connectivity index (χ4n) is 2.95. The van der Waals surface area contributed by atoms with Crippen LogP contribution >= 0.6 is 0 Å². The molecule has 0 aromatic rings. The summed E-state index contributed by atoms with van der Waals surface area (Å²) in [6.07, 6.45) is 40.7. The van der Waals surface area contributed by atoms with Gasteiger partial charge in [0.15, 0.2) is 0 Å². The van der Waals surface area contributed by atoms with Crippen LogP contribution in [0.3, 0.4) is 0 Å². The van der Waals surface area contributed by atoms with Crippen molar-refractivity contribution in [2.75, 3.05) is 0 Å². The molecule has 0 aromatic heterocycles. The van der Waals surface area contributed by atoms with E-state index in [2.05, 4.69) is 106 Å². The summed E-state index contributed by atoms with van der Waals surface area (Å²) in [5.41, 5.74) is 2.87. The van der Waals surface area contributed by atoms with Crippen molar-refractivity contribution in [1.29, 1.82) is 0 Å². The minimum Gasteiger partial charge on any atom is -0.0808 e. The summed E-state index contributed by atoms with van der Waals surface area (Å²) in [5.74, 6) is 0.685. The molecule has 0 amide bonds. The van der Waals surface area contributed by atoms with Crippen molar-refractivity contribution in [2.24, 2.45) is 5.92 Å². The first-order valence-electron chi connectivity index (χ1n) is 11.0. The first kappa shape index (κ1) is 24.0. The summed E-state index contributed by atoms with van der Waals surface area (Å²) in [5, 5.41) is 0. The van der Waals surface area contributed by atoms with Crippen LogP contribution in [-0.2, 0) is 0 Å². The lowest BCUT2D eigenvalue weighted by Crippen LogP contribution is -1.72. The number of rotatable bonds is 0. The molecule has 0 radical (unpaired) electrons. The van der Waals surface area contributed by atoms with Crippen molar-refractivity contribution >= 4 is 0 Å². The van der Waals surface area contributed by atoms with E-state index >= 15 is 0 Å². The zero-order chi connectivity index (χ0) is 20.3. The van der Waals surface area contributed by atoms with Crippen molar-refractivity contribution in [3.8, 4) is 0 Å². The van der Waals surface area contributed by atoms with Gasteiger partial charge in [0.1, 0.15) is 0 Å². The Balaban J connectivity index is 0.000000175. The number of hydrogen-bond donors (Lipinski definition) is 0. The Bertz CT molecular complexity index is 593. The van der Waals surface area contributed by atoms with Crippen molar-refractivity contribution in [1.82, 2.24) is 0 Å². The Morgan fingerprint density at radius 3 is 1.46 bits per heavy atom. The summed E-state index contributed by atoms with van der Waals surface area (Å²) in [6, 6.07) is 0. The van der Waals surface area contributed by atoms with Crippen molar-refractivity contribution in [2.45, 2.75) is 72.1 Å². The first-order valence-corrected chi connectivity index (χ1v) is 11.0. The lowest BCUT2D eigenvalue weighted by molar-refractivity contribution is 0.886. The second kappa shape index (κ2) is 17.0. The summed E-state index contributed by atoms with van der Waals surface area (Å²) in [7, 11) is 0. The molecule has 0 N–H and O–H groups in total. The number of hydrogen-bond acceptors (Lipinski definition) is 0. The molecule has 0 unspecified atom stereocenters. The molecule has 1 saturated carbocycles. The van der Waals surface area contributed by atoms with Gasteiger partial charge in [0.05, 0.1) is 0 Å². The van der Waals surface area contributed by atoms with Crippen LogP contribution in [0.2, 0.25) is 0 Å². The average Bonchev–Trinajstić information content (AvgIpc) is 3.49. The molecule has 0 atom stereocenters. The molecule has 0 aromatic carbocycles. The van der Waals surface area contributed by atoms with Crippen LogP contribution in [0.1, 0.15) is 72.1 Å². The molecule has 5 rings (SSSR count). The summed E-state index contributed by atoms with van der Waals surface area (Å²) < 4.78 is 0. The molecule has 1 fully saturated rings. The maximum atomic E-state index is 2.21. The zero-order valence-electron chi connectivity index (χ0n) is 18.3. The van der Waals surface area contributed by atoms with E-state index in [1.807, 2.05) is 0 Å². The maximum Gasteiger partial charge on any atom is -0.00756 e. The minimum atomic E-state index is 0.685. The topological polar surface area (TPSA) is 0 Å². The first-order chi connectivity index (χ1) is 13.7. The van der Waals surface area contributed by atoms with Crippen LogP contribution in [0.15, 0.2) is 96.2 Å². The molecule has 0 aliphatic heterocycles. The van der Waals surface area contributed by atoms with Crippen LogP contribution in [0.25, 0.3) is 0 Å². The highest BCUT2D eigenvalue weighted by atomic mass is 14.0. The Labute approximate surface area is 174 Å². The van der Waals surface area contributed by atoms with Crippen molar-refractivity contribution in [3.05, 3.63) is 96.2 Å². The summed E-state index contributed by atoms with van der Waals surface area (Å²) in [6.45, 7) is 6.42. The molecular formula is C28H40. The maximum absolute atomic E-state index is 2.21. The monoisotopic (exact) mass is 376 g/mol. The van der Waals surface area contributed by atoms with Gasteiger partial charge in [-0.2, -0.15) is 0 Å². The van der Waals surface area contributed by atoms with Crippen molar-refractivity contribution in [3.63, 3.8) is 0 Å². The SMILES string of the molecule is C1=CCC=C1.C1CCCC1.CC1=CC=CC1.CC1=CCC=C1.CC1C=CC=C1. The second-order valence-corrected chi connectivity index (χ2v) is 7.72. The molecular weight excluding hydrogens is 336 g/mol. The molecule has 0 nitrogen and oxygen atoms in total. The Morgan fingerprint density at radius 2 is 1.29 bits per heavy atom. The van der Waals surface area contributed by atoms with E-state index in [9.17, 15) is 0 Å². The van der Waals surface area contributed by atoms with Gasteiger partial charge in [-0.3, -0.25) is 0 Å². The van der Waals surface area contributed by atoms with Gasteiger partial charge in [0.2, 0.25) is 0 Å². The van der Waals surface area contributed by atoms with Gasteiger partial charge in [-0.15, -0.1) is 0 Å². The van der Waals surface area contributed by atoms with Crippen molar-refractivity contribution < 1.29 is 0 Å². The average molecular weight is 377 g/mol. The predicted molar refractivity (Wildman–Crippen MR) is 128 cm³/mol. The van der Waals surface area contributed by atoms with Gasteiger partial charge in [-0.1, -0.05) is 135 Å². The van der Waals surface area contributed by atoms with Crippen LogP contribution in [0, 0.1) is 5.92 Å². The molecule has 5 aliphatic carbocycles. The van der Waals surface area contributed by atoms with Crippen LogP contribution in [-0.4, -0.2) is 0 Å². The van der Waals surface area contributed by atoms with Gasteiger partial charge >= 0.3 is 0 Å². The van der Waals surface area contributed by atoms with E-state index in [0.29, 0.717) is 5.92 Å². The highest BCUT2D eigenvalue weighted by molar-refractivity contribution is 5.23. The van der Waals surface area contributed by atoms with Gasteiger partial charge in [-0.05, 0) is 39.0 Å². The van der Waals surface area contributed by atoms with Gasteiger partial charge in [-0.25, -0.2) is 0 Å². The largest absolute Gasteiger partial charge is 0.0808 e. The van der Waals surface area contributed by atoms with E-state index < -0.39 is 0 Å². The Kier molecular flexibility index (Phi) is 14.6. The van der Waals surface area contributed by atoms with Crippen LogP contribution in [0.4, 0.5) is 0 Å². The Hall–Kier alpha value is -2.08. The van der Waals surface area contributed by atoms with Gasteiger partial charge in [0, 0.05) is 0 Å². The standard InChI is InChI=1S/3C6H8.C5H10.C5H6/c3*1-6-4-2-3-5-6;2*1-2-4-5-3-1/h2,4-5H,3H2,1H3;2-4H,5H2,1H3;2-6H,1H3;1-5H2;1-4H,5H2. The molecule has 0 heteroatoms. The normalized spacial score (nSPS) is 19.7. The smallest absolute Gasteiger partial charge is 0.00756 e. The third kappa shape index (κ3) is 15.0. The van der Waals surface area contributed by atoms with E-state index in [1.165, 1.54) is 49.7 Å². The third-order valence-corrected chi connectivity index (χ3v) is 4.76. The van der Waals surface area contributed by atoms with E-state index in [-0.39, 0.29) is 0 Å². The fourth-order valence-corrected chi connectivity index (χ4v) is 2.95. The quantitative estimate of drug-likeness (QED) is 0.395. The van der Waals surface area contributed by atoms with Gasteiger partial charge < -0.3 is 0 Å².